The van der Waals surface area contributed by atoms with E-state index in [-0.39, 0.29) is 18.0 Å². The zero-order chi connectivity index (χ0) is 14.6. The summed E-state index contributed by atoms with van der Waals surface area (Å²) in [4.78, 5) is 13.4. The van der Waals surface area contributed by atoms with Gasteiger partial charge in [0.05, 0.1) is 11.6 Å². The van der Waals surface area contributed by atoms with Gasteiger partial charge in [0.25, 0.3) is 0 Å². The number of β-amino-alcohol motifs (C(OH)–C–C–N with tert-alkyl or cyclic N) is 1. The molecule has 4 nitrogen and oxygen atoms in total. The summed E-state index contributed by atoms with van der Waals surface area (Å²) < 4.78 is 13.5. The summed E-state index contributed by atoms with van der Waals surface area (Å²) in [6.07, 6.45) is -0.990. The molecule has 0 saturated heterocycles. The van der Waals surface area contributed by atoms with E-state index in [0.29, 0.717) is 0 Å². The molecule has 0 spiro atoms. The Hall–Kier alpha value is -1.46. The van der Waals surface area contributed by atoms with Crippen LogP contribution in [0.2, 0.25) is 0 Å². The molecule has 0 radical (unpaired) electrons. The topological polar surface area (TPSA) is 52.6 Å². The lowest BCUT2D eigenvalue weighted by Gasteiger charge is -2.29. The molecule has 5 heteroatoms. The monoisotopic (exact) mass is 268 g/mol. The third kappa shape index (κ3) is 4.01. The molecule has 19 heavy (non-hydrogen) atoms. The van der Waals surface area contributed by atoms with E-state index in [0.717, 1.165) is 0 Å². The summed E-state index contributed by atoms with van der Waals surface area (Å²) in [5.41, 5.74) is -0.585. The molecule has 0 bridgehead atoms. The molecular weight excluding hydrogens is 247 g/mol. The van der Waals surface area contributed by atoms with E-state index in [1.54, 1.807) is 40.1 Å². The van der Waals surface area contributed by atoms with E-state index < -0.39 is 17.5 Å². The molecule has 106 valence electrons. The summed E-state index contributed by atoms with van der Waals surface area (Å²) in [7, 11) is 3.33. The van der Waals surface area contributed by atoms with Gasteiger partial charge in [-0.1, -0.05) is 18.2 Å². The summed E-state index contributed by atoms with van der Waals surface area (Å²) in [6.45, 7) is 3.56. The smallest absolute Gasteiger partial charge is 0.241 e. The Morgan fingerprint density at radius 2 is 2.00 bits per heavy atom. The van der Waals surface area contributed by atoms with Crippen LogP contribution in [0.15, 0.2) is 24.3 Å². The van der Waals surface area contributed by atoms with E-state index in [2.05, 4.69) is 5.32 Å². The lowest BCUT2D eigenvalue weighted by molar-refractivity contribution is -0.134. The Bertz CT molecular complexity index is 447. The molecule has 0 saturated carbocycles. The van der Waals surface area contributed by atoms with Gasteiger partial charge in [0.1, 0.15) is 5.82 Å². The van der Waals surface area contributed by atoms with Crippen LogP contribution in [-0.2, 0) is 4.79 Å². The molecule has 1 aromatic rings. The third-order valence-corrected chi connectivity index (χ3v) is 2.94. The summed E-state index contributed by atoms with van der Waals surface area (Å²) in [5.74, 6) is -0.554. The minimum absolute atomic E-state index is 0.103. The molecule has 0 aliphatic carbocycles. The number of rotatable bonds is 5. The van der Waals surface area contributed by atoms with Gasteiger partial charge in [-0.15, -0.1) is 0 Å². The van der Waals surface area contributed by atoms with Crippen molar-refractivity contribution >= 4 is 5.91 Å². The first-order chi connectivity index (χ1) is 8.75. The summed E-state index contributed by atoms with van der Waals surface area (Å²) in [5, 5.41) is 12.9. The standard InChI is InChI=1S/C14H21FN2O2/c1-14(2,13(19)17(3)4)16-9-12(18)10-7-5-6-8-11(10)15/h5-8,12,16,18H,9H2,1-4H3. The van der Waals surface area contributed by atoms with E-state index in [4.69, 9.17) is 0 Å². The van der Waals surface area contributed by atoms with E-state index in [1.165, 1.54) is 17.0 Å². The van der Waals surface area contributed by atoms with Crippen LogP contribution in [0.3, 0.4) is 0 Å². The van der Waals surface area contributed by atoms with E-state index in [9.17, 15) is 14.3 Å². The Balaban J connectivity index is 2.67. The first-order valence-corrected chi connectivity index (χ1v) is 6.15. The lowest BCUT2D eigenvalue weighted by Crippen LogP contribution is -2.53. The van der Waals surface area contributed by atoms with Gasteiger partial charge in [0.15, 0.2) is 0 Å². The van der Waals surface area contributed by atoms with Crippen LogP contribution in [0.25, 0.3) is 0 Å². The number of amides is 1. The Morgan fingerprint density at radius 3 is 2.53 bits per heavy atom. The Kier molecular flexibility index (Phi) is 5.03. The number of nitrogens with one attached hydrogen (secondary N) is 1. The molecule has 0 fully saturated rings. The number of likely N-dealkylation sites (N-methyl/N-ethyl adjacent to an activating group) is 1. The fourth-order valence-corrected chi connectivity index (χ4v) is 1.84. The van der Waals surface area contributed by atoms with Gasteiger partial charge in [-0.05, 0) is 19.9 Å². The van der Waals surface area contributed by atoms with Crippen molar-refractivity contribution in [1.29, 1.82) is 0 Å². The van der Waals surface area contributed by atoms with Crippen molar-refractivity contribution in [2.24, 2.45) is 0 Å². The molecule has 1 aromatic carbocycles. The quantitative estimate of drug-likeness (QED) is 0.846. The van der Waals surface area contributed by atoms with Crippen LogP contribution in [-0.4, -0.2) is 42.1 Å². The van der Waals surface area contributed by atoms with Crippen molar-refractivity contribution in [2.75, 3.05) is 20.6 Å². The fraction of sp³-hybridized carbons (Fsp3) is 0.500. The van der Waals surface area contributed by atoms with Crippen LogP contribution in [0.5, 0.6) is 0 Å². The molecule has 1 unspecified atom stereocenters. The van der Waals surface area contributed by atoms with Gasteiger partial charge >= 0.3 is 0 Å². The first-order valence-electron chi connectivity index (χ1n) is 6.15. The number of hydrogen-bond donors (Lipinski definition) is 2. The van der Waals surface area contributed by atoms with Crippen LogP contribution in [0.4, 0.5) is 4.39 Å². The highest BCUT2D eigenvalue weighted by Crippen LogP contribution is 2.17. The molecule has 0 aliphatic rings. The number of halogens is 1. The maximum atomic E-state index is 13.5. The minimum atomic E-state index is -0.990. The Morgan fingerprint density at radius 1 is 1.42 bits per heavy atom. The summed E-state index contributed by atoms with van der Waals surface area (Å²) in [6, 6.07) is 6.06. The number of hydrogen-bond acceptors (Lipinski definition) is 3. The van der Waals surface area contributed by atoms with Gasteiger partial charge in [-0.25, -0.2) is 4.39 Å². The van der Waals surface area contributed by atoms with Crippen molar-refractivity contribution in [3.8, 4) is 0 Å². The number of aliphatic hydroxyl groups excluding tert-OH is 1. The first kappa shape index (κ1) is 15.6. The van der Waals surface area contributed by atoms with E-state index >= 15 is 0 Å². The summed E-state index contributed by atoms with van der Waals surface area (Å²) >= 11 is 0. The van der Waals surface area contributed by atoms with Crippen LogP contribution in [0, 0.1) is 5.82 Å². The van der Waals surface area contributed by atoms with Gasteiger partial charge < -0.3 is 15.3 Å². The number of nitrogens with zero attached hydrogens (tertiary/aromatic N) is 1. The number of carbonyl (C=O) groups is 1. The average molecular weight is 268 g/mol. The zero-order valence-electron chi connectivity index (χ0n) is 11.8. The molecule has 1 amide bonds. The highest BCUT2D eigenvalue weighted by atomic mass is 19.1. The Labute approximate surface area is 113 Å². The molecule has 0 aromatic heterocycles. The predicted octanol–water partition coefficient (Wildman–Crippen LogP) is 1.32. The van der Waals surface area contributed by atoms with Crippen molar-refractivity contribution in [3.63, 3.8) is 0 Å². The zero-order valence-corrected chi connectivity index (χ0v) is 11.8. The van der Waals surface area contributed by atoms with Crippen LogP contribution < -0.4 is 5.32 Å². The van der Waals surface area contributed by atoms with Gasteiger partial charge in [0, 0.05) is 26.2 Å². The largest absolute Gasteiger partial charge is 0.387 e. The van der Waals surface area contributed by atoms with E-state index in [1.807, 2.05) is 0 Å². The second-order valence-electron chi connectivity index (χ2n) is 5.24. The maximum Gasteiger partial charge on any atom is 0.241 e. The molecule has 2 N–H and O–H groups in total. The minimum Gasteiger partial charge on any atom is -0.387 e. The highest BCUT2D eigenvalue weighted by Gasteiger charge is 2.29. The second kappa shape index (κ2) is 6.12. The van der Waals surface area contributed by atoms with Crippen molar-refractivity contribution in [2.45, 2.75) is 25.5 Å². The van der Waals surface area contributed by atoms with Crippen molar-refractivity contribution in [3.05, 3.63) is 35.6 Å². The van der Waals surface area contributed by atoms with Crippen molar-refractivity contribution < 1.29 is 14.3 Å². The maximum absolute atomic E-state index is 13.5. The lowest BCUT2D eigenvalue weighted by atomic mass is 10.0. The number of benzene rings is 1. The third-order valence-electron chi connectivity index (χ3n) is 2.94. The number of aliphatic hydroxyl groups is 1. The normalized spacial score (nSPS) is 13.2. The average Bonchev–Trinajstić information content (AvgIpc) is 2.35. The van der Waals surface area contributed by atoms with Crippen LogP contribution in [0.1, 0.15) is 25.5 Å². The van der Waals surface area contributed by atoms with Crippen LogP contribution >= 0.6 is 0 Å². The fourth-order valence-electron chi connectivity index (χ4n) is 1.84. The molecule has 1 rings (SSSR count). The molecule has 0 aliphatic heterocycles. The van der Waals surface area contributed by atoms with Gasteiger partial charge in [-0.3, -0.25) is 4.79 Å². The SMILES string of the molecule is CN(C)C(=O)C(C)(C)NCC(O)c1ccccc1F. The molecule has 0 heterocycles. The van der Waals surface area contributed by atoms with Gasteiger partial charge in [-0.2, -0.15) is 0 Å². The predicted molar refractivity (Wildman–Crippen MR) is 72.1 cm³/mol. The number of carbonyl (C=O) groups excluding carboxylic acids is 1. The molecular formula is C14H21FN2O2. The molecule has 1 atom stereocenters. The van der Waals surface area contributed by atoms with Crippen molar-refractivity contribution in [1.82, 2.24) is 10.2 Å². The second-order valence-corrected chi connectivity index (χ2v) is 5.24. The van der Waals surface area contributed by atoms with Gasteiger partial charge in [0.2, 0.25) is 5.91 Å². The highest BCUT2D eigenvalue weighted by molar-refractivity contribution is 5.85.